The van der Waals surface area contributed by atoms with Crippen molar-refractivity contribution < 1.29 is 19.4 Å². The largest absolute Gasteiger partial charge is 0.394 e. The number of aliphatic hydroxyl groups excluding tert-OH is 1. The van der Waals surface area contributed by atoms with Gasteiger partial charge >= 0.3 is 0 Å². The van der Waals surface area contributed by atoms with Gasteiger partial charge in [-0.25, -0.2) is 0 Å². The molecule has 0 unspecified atom stereocenters. The van der Waals surface area contributed by atoms with Crippen LogP contribution < -0.4 is 10.6 Å². The highest BCUT2D eigenvalue weighted by atomic mass is 16.5. The third-order valence-corrected chi connectivity index (χ3v) is 5.75. The zero-order valence-electron chi connectivity index (χ0n) is 16.3. The topological polar surface area (TPSA) is 101 Å². The van der Waals surface area contributed by atoms with Crippen molar-refractivity contribution in [2.45, 2.75) is 69.6 Å². The molecule has 154 valence electrons. The van der Waals surface area contributed by atoms with Crippen LogP contribution in [0, 0.1) is 5.92 Å². The minimum Gasteiger partial charge on any atom is -0.394 e. The van der Waals surface area contributed by atoms with E-state index in [9.17, 15) is 14.7 Å². The van der Waals surface area contributed by atoms with Gasteiger partial charge in [0.15, 0.2) is 0 Å². The summed E-state index contributed by atoms with van der Waals surface area (Å²) in [7, 11) is 0. The van der Waals surface area contributed by atoms with Crippen molar-refractivity contribution in [3.8, 4) is 0 Å². The second kappa shape index (κ2) is 10.5. The number of nitrogens with zero attached hydrogens (tertiary/aromatic N) is 1. The molecule has 1 saturated carbocycles. The molecule has 28 heavy (non-hydrogen) atoms. The van der Waals surface area contributed by atoms with Crippen LogP contribution in [-0.2, 0) is 20.7 Å². The first-order chi connectivity index (χ1) is 13.7. The molecule has 3 rings (SSSR count). The normalized spacial score (nSPS) is 25.4. The Morgan fingerprint density at radius 1 is 1.14 bits per heavy atom. The maximum Gasteiger partial charge on any atom is 0.224 e. The van der Waals surface area contributed by atoms with Gasteiger partial charge in [-0.1, -0.05) is 12.8 Å². The average Bonchev–Trinajstić information content (AvgIpc) is 3.25. The fourth-order valence-corrected chi connectivity index (χ4v) is 4.12. The lowest BCUT2D eigenvalue weighted by Crippen LogP contribution is -2.52. The molecule has 1 aromatic rings. The fraction of sp³-hybridized carbons (Fsp3) is 0.667. The highest BCUT2D eigenvalue weighted by Gasteiger charge is 2.33. The lowest BCUT2D eigenvalue weighted by Gasteiger charge is -2.36. The number of pyridine rings is 1. The van der Waals surface area contributed by atoms with E-state index < -0.39 is 0 Å². The summed E-state index contributed by atoms with van der Waals surface area (Å²) in [6.45, 7) is 0.423. The van der Waals surface area contributed by atoms with Crippen LogP contribution in [0.15, 0.2) is 24.5 Å². The molecule has 3 atom stereocenters. The van der Waals surface area contributed by atoms with Gasteiger partial charge in [-0.3, -0.25) is 14.6 Å². The highest BCUT2D eigenvalue weighted by molar-refractivity contribution is 5.79. The van der Waals surface area contributed by atoms with Gasteiger partial charge in [0.1, 0.15) is 6.10 Å². The number of hydrogen-bond acceptors (Lipinski definition) is 5. The molecule has 2 heterocycles. The zero-order chi connectivity index (χ0) is 19.8. The first kappa shape index (κ1) is 20.7. The molecular formula is C21H31N3O4. The molecule has 0 spiro atoms. The lowest BCUT2D eigenvalue weighted by atomic mass is 9.96. The van der Waals surface area contributed by atoms with Crippen molar-refractivity contribution in [3.63, 3.8) is 0 Å². The number of carbonyl (C=O) groups is 2. The van der Waals surface area contributed by atoms with E-state index in [0.29, 0.717) is 19.4 Å². The first-order valence-electron chi connectivity index (χ1n) is 10.4. The Labute approximate surface area is 166 Å². The van der Waals surface area contributed by atoms with E-state index in [-0.39, 0.29) is 42.6 Å². The summed E-state index contributed by atoms with van der Waals surface area (Å²) in [5.74, 6) is 0.196. The minimum absolute atomic E-state index is 0.0157. The van der Waals surface area contributed by atoms with Gasteiger partial charge in [0, 0.05) is 24.9 Å². The molecule has 2 fully saturated rings. The standard InChI is InChI=1S/C21H31N3O4/c25-14-19-18(24-21(27)16-3-1-2-4-16)6-5-17(28-19)9-12-23-20(26)13-15-7-10-22-11-8-15/h7-8,10-11,16-19,25H,1-6,9,12-14H2,(H,23,26)(H,24,27)/t17-,18-,19-/m0/s1. The van der Waals surface area contributed by atoms with E-state index in [4.69, 9.17) is 4.74 Å². The van der Waals surface area contributed by atoms with Crippen molar-refractivity contribution in [1.29, 1.82) is 0 Å². The van der Waals surface area contributed by atoms with Crippen LogP contribution in [0.3, 0.4) is 0 Å². The molecule has 1 aliphatic heterocycles. The van der Waals surface area contributed by atoms with Crippen molar-refractivity contribution in [1.82, 2.24) is 15.6 Å². The van der Waals surface area contributed by atoms with E-state index in [1.807, 2.05) is 12.1 Å². The van der Waals surface area contributed by atoms with Gasteiger partial charge < -0.3 is 20.5 Å². The van der Waals surface area contributed by atoms with Crippen molar-refractivity contribution in [3.05, 3.63) is 30.1 Å². The van der Waals surface area contributed by atoms with Crippen molar-refractivity contribution in [2.75, 3.05) is 13.2 Å². The zero-order valence-corrected chi connectivity index (χ0v) is 16.3. The Bertz CT molecular complexity index is 634. The molecule has 7 nitrogen and oxygen atoms in total. The Balaban J connectivity index is 1.37. The molecule has 2 amide bonds. The van der Waals surface area contributed by atoms with Crippen LogP contribution in [-0.4, -0.2) is 53.3 Å². The number of nitrogens with one attached hydrogen (secondary N) is 2. The summed E-state index contributed by atoms with van der Waals surface area (Å²) >= 11 is 0. The van der Waals surface area contributed by atoms with Gasteiger partial charge in [-0.05, 0) is 49.8 Å². The molecular weight excluding hydrogens is 358 g/mol. The van der Waals surface area contributed by atoms with E-state index >= 15 is 0 Å². The second-order valence-corrected chi connectivity index (χ2v) is 7.82. The van der Waals surface area contributed by atoms with Crippen molar-refractivity contribution >= 4 is 11.8 Å². The Morgan fingerprint density at radius 3 is 2.61 bits per heavy atom. The summed E-state index contributed by atoms with van der Waals surface area (Å²) < 4.78 is 5.99. The monoisotopic (exact) mass is 389 g/mol. The van der Waals surface area contributed by atoms with Crippen LogP contribution in [0.25, 0.3) is 0 Å². The van der Waals surface area contributed by atoms with Crippen LogP contribution in [0.4, 0.5) is 0 Å². The number of rotatable bonds is 8. The third kappa shape index (κ3) is 6.01. The molecule has 1 saturated heterocycles. The Hall–Kier alpha value is -1.99. The quantitative estimate of drug-likeness (QED) is 0.623. The first-order valence-corrected chi connectivity index (χ1v) is 10.4. The molecule has 1 aliphatic carbocycles. The van der Waals surface area contributed by atoms with E-state index in [1.165, 1.54) is 0 Å². The molecule has 7 heteroatoms. The maximum atomic E-state index is 12.4. The van der Waals surface area contributed by atoms with Crippen LogP contribution in [0.5, 0.6) is 0 Å². The molecule has 3 N–H and O–H groups in total. The second-order valence-electron chi connectivity index (χ2n) is 7.82. The van der Waals surface area contributed by atoms with Crippen LogP contribution in [0.2, 0.25) is 0 Å². The van der Waals surface area contributed by atoms with Gasteiger partial charge in [-0.15, -0.1) is 0 Å². The highest BCUT2D eigenvalue weighted by Crippen LogP contribution is 2.26. The Morgan fingerprint density at radius 2 is 1.89 bits per heavy atom. The van der Waals surface area contributed by atoms with Crippen LogP contribution >= 0.6 is 0 Å². The van der Waals surface area contributed by atoms with Gasteiger partial charge in [0.05, 0.1) is 25.2 Å². The van der Waals surface area contributed by atoms with Crippen LogP contribution in [0.1, 0.15) is 50.5 Å². The summed E-state index contributed by atoms with van der Waals surface area (Å²) in [6.07, 6.45) is 9.77. The lowest BCUT2D eigenvalue weighted by molar-refractivity contribution is -0.132. The number of hydrogen-bond donors (Lipinski definition) is 3. The van der Waals surface area contributed by atoms with E-state index in [2.05, 4.69) is 15.6 Å². The van der Waals surface area contributed by atoms with Gasteiger partial charge in [0.25, 0.3) is 0 Å². The fourth-order valence-electron chi connectivity index (χ4n) is 4.12. The average molecular weight is 389 g/mol. The summed E-state index contributed by atoms with van der Waals surface area (Å²) in [5, 5.41) is 15.7. The number of aliphatic hydroxyl groups is 1. The minimum atomic E-state index is -0.378. The number of ether oxygens (including phenoxy) is 1. The van der Waals surface area contributed by atoms with Crippen molar-refractivity contribution in [2.24, 2.45) is 5.92 Å². The van der Waals surface area contributed by atoms with E-state index in [1.54, 1.807) is 12.4 Å². The Kier molecular flexibility index (Phi) is 7.80. The van der Waals surface area contributed by atoms with Gasteiger partial charge in [-0.2, -0.15) is 0 Å². The predicted octanol–water partition coefficient (Wildman–Crippen LogP) is 1.35. The molecule has 0 radical (unpaired) electrons. The maximum absolute atomic E-state index is 12.4. The third-order valence-electron chi connectivity index (χ3n) is 5.75. The SMILES string of the molecule is O=C(Cc1ccncc1)NCC[C@@H]1CC[C@H](NC(=O)C2CCCC2)[C@H](CO)O1. The summed E-state index contributed by atoms with van der Waals surface area (Å²) in [4.78, 5) is 28.3. The number of carbonyl (C=O) groups excluding carboxylic acids is 2. The predicted molar refractivity (Wildman–Crippen MR) is 104 cm³/mol. The molecule has 0 bridgehead atoms. The summed E-state index contributed by atoms with van der Waals surface area (Å²) in [5.41, 5.74) is 0.933. The van der Waals surface area contributed by atoms with Gasteiger partial charge in [0.2, 0.25) is 11.8 Å². The smallest absolute Gasteiger partial charge is 0.224 e. The molecule has 1 aromatic heterocycles. The van der Waals surface area contributed by atoms with E-state index in [0.717, 1.165) is 44.1 Å². The summed E-state index contributed by atoms with van der Waals surface area (Å²) in [6, 6.07) is 3.53. The molecule has 2 aliphatic rings. The molecule has 0 aromatic carbocycles. The number of aromatic nitrogens is 1. The number of amides is 2.